The summed E-state index contributed by atoms with van der Waals surface area (Å²) in [4.78, 5) is 31.2. The number of amides is 1. The molecule has 2 heterocycles. The second-order valence-electron chi connectivity index (χ2n) is 8.32. The van der Waals surface area contributed by atoms with E-state index < -0.39 is 6.09 Å². The highest BCUT2D eigenvalue weighted by atomic mass is 16.5. The van der Waals surface area contributed by atoms with Gasteiger partial charge in [-0.05, 0) is 17.5 Å². The molecular formula is C20H28N4O4. The van der Waals surface area contributed by atoms with Gasteiger partial charge >= 0.3 is 12.1 Å². The third-order valence-corrected chi connectivity index (χ3v) is 5.34. The van der Waals surface area contributed by atoms with Gasteiger partial charge in [-0.2, -0.15) is 0 Å². The molecule has 28 heavy (non-hydrogen) atoms. The van der Waals surface area contributed by atoms with Crippen molar-refractivity contribution in [1.29, 1.82) is 0 Å². The first kappa shape index (κ1) is 20.0. The number of benzene rings is 1. The smallest absolute Gasteiger partial charge is 0.407 e. The van der Waals surface area contributed by atoms with Crippen molar-refractivity contribution >= 4 is 28.8 Å². The summed E-state index contributed by atoms with van der Waals surface area (Å²) in [7, 11) is 1.91. The maximum absolute atomic E-state index is 11.7. The second kappa shape index (κ2) is 7.33. The van der Waals surface area contributed by atoms with E-state index in [1.54, 1.807) is 4.90 Å². The zero-order valence-corrected chi connectivity index (χ0v) is 17.1. The fourth-order valence-corrected chi connectivity index (χ4v) is 3.82. The van der Waals surface area contributed by atoms with Gasteiger partial charge < -0.3 is 24.2 Å². The average Bonchev–Trinajstić information content (AvgIpc) is 2.95. The van der Waals surface area contributed by atoms with Crippen LogP contribution >= 0.6 is 0 Å². The van der Waals surface area contributed by atoms with Crippen LogP contribution in [0.5, 0.6) is 0 Å². The molecule has 1 amide bonds. The lowest BCUT2D eigenvalue weighted by Gasteiger charge is -2.46. The number of rotatable bonds is 3. The number of nitrogens with zero attached hydrogens (tertiary/aromatic N) is 4. The van der Waals surface area contributed by atoms with Crippen LogP contribution in [0.3, 0.4) is 0 Å². The zero-order valence-electron chi connectivity index (χ0n) is 17.1. The number of carboxylic acid groups (broad SMARTS) is 1. The lowest BCUT2D eigenvalue weighted by molar-refractivity contribution is -0.142. The highest BCUT2D eigenvalue weighted by Gasteiger charge is 2.38. The fraction of sp³-hybridized carbons (Fsp3) is 0.550. The number of piperazine rings is 1. The Morgan fingerprint density at radius 3 is 2.61 bits per heavy atom. The zero-order chi connectivity index (χ0) is 20.6. The van der Waals surface area contributed by atoms with E-state index in [0.29, 0.717) is 25.5 Å². The fourth-order valence-electron chi connectivity index (χ4n) is 3.82. The first-order valence-electron chi connectivity index (χ1n) is 9.41. The summed E-state index contributed by atoms with van der Waals surface area (Å²) in [5.74, 6) is 0.333. The highest BCUT2D eigenvalue weighted by Crippen LogP contribution is 2.33. The first-order valence-corrected chi connectivity index (χ1v) is 9.41. The Morgan fingerprint density at radius 1 is 1.29 bits per heavy atom. The van der Waals surface area contributed by atoms with Gasteiger partial charge in [0.25, 0.3) is 0 Å². The molecule has 1 saturated heterocycles. The molecule has 8 heteroatoms. The minimum atomic E-state index is -0.873. The minimum Gasteiger partial charge on any atom is -0.465 e. The largest absolute Gasteiger partial charge is 0.465 e. The van der Waals surface area contributed by atoms with Crippen LogP contribution < -0.4 is 4.90 Å². The van der Waals surface area contributed by atoms with Gasteiger partial charge in [0.1, 0.15) is 12.4 Å². The molecule has 1 atom stereocenters. The van der Waals surface area contributed by atoms with Crippen LogP contribution in [0.15, 0.2) is 18.2 Å². The molecule has 1 N–H and O–H groups in total. The van der Waals surface area contributed by atoms with Crippen molar-refractivity contribution in [3.05, 3.63) is 24.0 Å². The molecule has 1 aromatic carbocycles. The van der Waals surface area contributed by atoms with E-state index in [-0.39, 0.29) is 24.0 Å². The van der Waals surface area contributed by atoms with E-state index in [4.69, 9.17) is 4.74 Å². The van der Waals surface area contributed by atoms with E-state index in [1.165, 1.54) is 6.92 Å². The van der Waals surface area contributed by atoms with Gasteiger partial charge in [0.15, 0.2) is 0 Å². The lowest BCUT2D eigenvalue weighted by Crippen LogP contribution is -2.59. The molecule has 1 unspecified atom stereocenters. The minimum absolute atomic E-state index is 0.122. The third-order valence-electron chi connectivity index (χ3n) is 5.34. The Balaban J connectivity index is 1.97. The van der Waals surface area contributed by atoms with E-state index in [2.05, 4.69) is 30.7 Å². The highest BCUT2D eigenvalue weighted by molar-refractivity contribution is 5.90. The van der Waals surface area contributed by atoms with Crippen molar-refractivity contribution in [1.82, 2.24) is 14.5 Å². The first-order chi connectivity index (χ1) is 13.1. The van der Waals surface area contributed by atoms with Gasteiger partial charge in [0, 0.05) is 33.6 Å². The topological polar surface area (TPSA) is 87.9 Å². The number of anilines is 1. The summed E-state index contributed by atoms with van der Waals surface area (Å²) in [6.45, 7) is 9.38. The maximum Gasteiger partial charge on any atom is 0.407 e. The number of fused-ring (bicyclic) bond motifs is 1. The number of aromatic nitrogens is 2. The number of carbonyl (C=O) groups excluding carboxylic acids is 1. The van der Waals surface area contributed by atoms with E-state index in [1.807, 2.05) is 29.8 Å². The Bertz CT molecular complexity index is 899. The van der Waals surface area contributed by atoms with Crippen molar-refractivity contribution in [2.75, 3.05) is 24.5 Å². The molecular weight excluding hydrogens is 360 g/mol. The number of para-hydroxylation sites is 1. The Labute approximate surface area is 164 Å². The number of hydrogen-bond donors (Lipinski definition) is 1. The van der Waals surface area contributed by atoms with Crippen molar-refractivity contribution in [2.45, 2.75) is 40.3 Å². The molecule has 1 aromatic heterocycles. The Morgan fingerprint density at radius 2 is 2.00 bits per heavy atom. The molecule has 0 radical (unpaired) electrons. The van der Waals surface area contributed by atoms with Gasteiger partial charge in [0.2, 0.25) is 0 Å². The number of imidazole rings is 1. The second-order valence-corrected chi connectivity index (χ2v) is 8.32. The SMILES string of the molecule is CC(=O)OCc1nc2cccc(N3CCN(C(=O)O)C(C(C)(C)C)C3)c2n1C. The molecule has 0 spiro atoms. The number of ether oxygens (including phenoxy) is 1. The van der Waals surface area contributed by atoms with E-state index >= 15 is 0 Å². The monoisotopic (exact) mass is 388 g/mol. The summed E-state index contributed by atoms with van der Waals surface area (Å²) in [5.41, 5.74) is 2.62. The van der Waals surface area contributed by atoms with Crippen molar-refractivity contribution < 1.29 is 19.4 Å². The summed E-state index contributed by atoms with van der Waals surface area (Å²) >= 11 is 0. The van der Waals surface area contributed by atoms with Crippen LogP contribution in [-0.2, 0) is 23.2 Å². The summed E-state index contributed by atoms with van der Waals surface area (Å²) in [6, 6.07) is 5.80. The molecule has 0 bridgehead atoms. The summed E-state index contributed by atoms with van der Waals surface area (Å²) in [6.07, 6.45) is -0.873. The van der Waals surface area contributed by atoms with E-state index in [9.17, 15) is 14.7 Å². The number of aryl methyl sites for hydroxylation is 1. The molecule has 8 nitrogen and oxygen atoms in total. The molecule has 1 aliphatic heterocycles. The van der Waals surface area contributed by atoms with Crippen LogP contribution in [0.4, 0.5) is 10.5 Å². The molecule has 2 aromatic rings. The summed E-state index contributed by atoms with van der Waals surface area (Å²) < 4.78 is 7.07. The normalized spacial score (nSPS) is 17.8. The predicted molar refractivity (Wildman–Crippen MR) is 106 cm³/mol. The van der Waals surface area contributed by atoms with Crippen molar-refractivity contribution in [3.63, 3.8) is 0 Å². The standard InChI is InChI=1S/C20H28N4O4/c1-13(25)28-12-17-21-14-7-6-8-15(18(14)22(17)5)23-9-10-24(19(26)27)16(11-23)20(2,3)4/h6-8,16H,9-12H2,1-5H3,(H,26,27). The Hall–Kier alpha value is -2.77. The van der Waals surface area contributed by atoms with Crippen LogP contribution in [0, 0.1) is 5.41 Å². The maximum atomic E-state index is 11.7. The Kier molecular flexibility index (Phi) is 5.23. The van der Waals surface area contributed by atoms with Crippen LogP contribution in [0.2, 0.25) is 0 Å². The molecule has 0 aliphatic carbocycles. The van der Waals surface area contributed by atoms with Gasteiger partial charge in [-0.3, -0.25) is 4.79 Å². The predicted octanol–water partition coefficient (Wildman–Crippen LogP) is 2.85. The molecule has 152 valence electrons. The van der Waals surface area contributed by atoms with Crippen LogP contribution in [-0.4, -0.2) is 57.3 Å². The van der Waals surface area contributed by atoms with Gasteiger partial charge in [0.05, 0.1) is 22.8 Å². The lowest BCUT2D eigenvalue weighted by atomic mass is 9.84. The number of carbonyl (C=O) groups is 2. The van der Waals surface area contributed by atoms with Gasteiger partial charge in [-0.25, -0.2) is 9.78 Å². The quantitative estimate of drug-likeness (QED) is 0.814. The van der Waals surface area contributed by atoms with Crippen LogP contribution in [0.1, 0.15) is 33.5 Å². The average molecular weight is 388 g/mol. The van der Waals surface area contributed by atoms with E-state index in [0.717, 1.165) is 16.7 Å². The number of hydrogen-bond acceptors (Lipinski definition) is 5. The third kappa shape index (κ3) is 3.76. The van der Waals surface area contributed by atoms with Gasteiger partial charge in [-0.1, -0.05) is 26.8 Å². The van der Waals surface area contributed by atoms with Crippen LogP contribution in [0.25, 0.3) is 11.0 Å². The summed E-state index contributed by atoms with van der Waals surface area (Å²) in [5, 5.41) is 9.60. The van der Waals surface area contributed by atoms with Crippen molar-refractivity contribution in [3.8, 4) is 0 Å². The molecule has 3 rings (SSSR count). The number of esters is 1. The molecule has 1 aliphatic rings. The van der Waals surface area contributed by atoms with Crippen molar-refractivity contribution in [2.24, 2.45) is 12.5 Å². The van der Waals surface area contributed by atoms with Gasteiger partial charge in [-0.15, -0.1) is 0 Å². The molecule has 1 fully saturated rings. The molecule has 0 saturated carbocycles.